The smallest absolute Gasteiger partial charge is 0.338 e. The topological polar surface area (TPSA) is 101 Å². The molecule has 1 saturated heterocycles. The minimum atomic E-state index is -1.09. The van der Waals surface area contributed by atoms with Crippen molar-refractivity contribution in [3.05, 3.63) is 59.7 Å². The molecule has 1 heterocycles. The second-order valence-electron chi connectivity index (χ2n) is 5.95. The molecule has 2 aromatic carbocycles. The van der Waals surface area contributed by atoms with Crippen LogP contribution >= 0.6 is 11.8 Å². The maximum atomic E-state index is 12.8. The van der Waals surface area contributed by atoms with Crippen molar-refractivity contribution in [3.8, 4) is 0 Å². The number of esters is 1. The van der Waals surface area contributed by atoms with E-state index in [1.54, 1.807) is 25.1 Å². The number of hydrogen-bond acceptors (Lipinski definition) is 6. The first-order chi connectivity index (χ1) is 13.4. The Bertz CT molecular complexity index is 940. The Morgan fingerprint density at radius 3 is 2.46 bits per heavy atom. The number of hydrogen-bond donors (Lipinski definition) is 1. The van der Waals surface area contributed by atoms with E-state index < -0.39 is 23.1 Å². The van der Waals surface area contributed by atoms with Gasteiger partial charge in [0.1, 0.15) is 0 Å². The molecule has 1 atom stereocenters. The van der Waals surface area contributed by atoms with Crippen LogP contribution in [0, 0.1) is 0 Å². The summed E-state index contributed by atoms with van der Waals surface area (Å²) < 4.78 is 4.91. The number of carboxylic acid groups (broad SMARTS) is 1. The molecule has 1 fully saturated rings. The van der Waals surface area contributed by atoms with Gasteiger partial charge < -0.3 is 9.84 Å². The molecule has 144 valence electrons. The third-order valence-corrected chi connectivity index (χ3v) is 5.39. The van der Waals surface area contributed by atoms with Crippen LogP contribution in [0.5, 0.6) is 0 Å². The number of amides is 2. The Labute approximate surface area is 165 Å². The Hall–Kier alpha value is -3.13. The van der Waals surface area contributed by atoms with Gasteiger partial charge in [0, 0.05) is 11.3 Å². The number of ether oxygens (including phenoxy) is 1. The minimum absolute atomic E-state index is 0.0307. The molecule has 8 heteroatoms. The second kappa shape index (κ2) is 8.26. The molecular weight excluding hydrogens is 382 g/mol. The maximum Gasteiger partial charge on any atom is 0.338 e. The lowest BCUT2D eigenvalue weighted by molar-refractivity contribution is -0.121. The van der Waals surface area contributed by atoms with Crippen molar-refractivity contribution in [1.82, 2.24) is 0 Å². The van der Waals surface area contributed by atoms with Crippen molar-refractivity contribution in [2.24, 2.45) is 0 Å². The highest BCUT2D eigenvalue weighted by Crippen LogP contribution is 2.35. The van der Waals surface area contributed by atoms with Gasteiger partial charge in [-0.1, -0.05) is 12.1 Å². The highest BCUT2D eigenvalue weighted by atomic mass is 32.2. The number of carbonyl (C=O) groups is 4. The monoisotopic (exact) mass is 399 g/mol. The third-order valence-electron chi connectivity index (χ3n) is 4.13. The van der Waals surface area contributed by atoms with Gasteiger partial charge in [0.05, 0.1) is 28.7 Å². The molecule has 0 bridgehead atoms. The van der Waals surface area contributed by atoms with Crippen LogP contribution in [0.4, 0.5) is 5.69 Å². The number of anilines is 1. The molecule has 0 aliphatic carbocycles. The van der Waals surface area contributed by atoms with Gasteiger partial charge in [0.15, 0.2) is 0 Å². The summed E-state index contributed by atoms with van der Waals surface area (Å²) in [6.45, 7) is 1.95. The van der Waals surface area contributed by atoms with Crippen LogP contribution in [-0.2, 0) is 14.3 Å². The summed E-state index contributed by atoms with van der Waals surface area (Å²) in [5.74, 6) is -2.36. The molecule has 7 nitrogen and oxygen atoms in total. The summed E-state index contributed by atoms with van der Waals surface area (Å²) in [4.78, 5) is 49.7. The van der Waals surface area contributed by atoms with Crippen LogP contribution < -0.4 is 4.90 Å². The van der Waals surface area contributed by atoms with Crippen LogP contribution in [-0.4, -0.2) is 40.7 Å². The van der Waals surface area contributed by atoms with Crippen molar-refractivity contribution in [2.75, 3.05) is 11.5 Å². The highest BCUT2D eigenvalue weighted by molar-refractivity contribution is 8.00. The molecule has 1 aliphatic rings. The summed E-state index contributed by atoms with van der Waals surface area (Å²) in [6.07, 6.45) is -0.0307. The molecule has 28 heavy (non-hydrogen) atoms. The summed E-state index contributed by atoms with van der Waals surface area (Å²) in [5.41, 5.74) is 0.772. The number of rotatable bonds is 6. The van der Waals surface area contributed by atoms with Gasteiger partial charge in [-0.05, 0) is 43.3 Å². The SMILES string of the molecule is CCOC(=O)c1ccc(N2C(=O)C[C@@H](Sc3ccccc3C(=O)O)C2=O)cc1. The number of thioether (sulfide) groups is 1. The predicted octanol–water partition coefficient (Wildman–Crippen LogP) is 2.99. The molecule has 2 aromatic rings. The van der Waals surface area contributed by atoms with Gasteiger partial charge in [-0.15, -0.1) is 11.8 Å². The summed E-state index contributed by atoms with van der Waals surface area (Å²) in [5, 5.41) is 8.57. The van der Waals surface area contributed by atoms with Gasteiger partial charge in [-0.2, -0.15) is 0 Å². The van der Waals surface area contributed by atoms with Gasteiger partial charge >= 0.3 is 11.9 Å². The average molecular weight is 399 g/mol. The van der Waals surface area contributed by atoms with E-state index in [1.807, 2.05) is 0 Å². The molecule has 0 unspecified atom stereocenters. The number of aromatic carboxylic acids is 1. The number of imide groups is 1. The van der Waals surface area contributed by atoms with E-state index in [-0.39, 0.29) is 24.5 Å². The van der Waals surface area contributed by atoms with Gasteiger partial charge in [-0.25, -0.2) is 14.5 Å². The molecule has 3 rings (SSSR count). The molecular formula is C20H17NO6S. The van der Waals surface area contributed by atoms with Crippen LogP contribution in [0.15, 0.2) is 53.4 Å². The van der Waals surface area contributed by atoms with Crippen molar-refractivity contribution >= 4 is 41.2 Å². The van der Waals surface area contributed by atoms with Crippen molar-refractivity contribution in [3.63, 3.8) is 0 Å². The Balaban J connectivity index is 1.79. The molecule has 0 radical (unpaired) electrons. The fraction of sp³-hybridized carbons (Fsp3) is 0.200. The van der Waals surface area contributed by atoms with Crippen LogP contribution in [0.1, 0.15) is 34.1 Å². The van der Waals surface area contributed by atoms with Crippen LogP contribution in [0.25, 0.3) is 0 Å². The number of carboxylic acids is 1. The van der Waals surface area contributed by atoms with E-state index >= 15 is 0 Å². The number of carbonyl (C=O) groups excluding carboxylic acids is 3. The number of nitrogens with zero attached hydrogens (tertiary/aromatic N) is 1. The fourth-order valence-electron chi connectivity index (χ4n) is 2.83. The van der Waals surface area contributed by atoms with Gasteiger partial charge in [-0.3, -0.25) is 9.59 Å². The average Bonchev–Trinajstić information content (AvgIpc) is 2.95. The van der Waals surface area contributed by atoms with E-state index in [0.717, 1.165) is 16.7 Å². The largest absolute Gasteiger partial charge is 0.478 e. The predicted molar refractivity (Wildman–Crippen MR) is 103 cm³/mol. The van der Waals surface area contributed by atoms with E-state index in [9.17, 15) is 24.3 Å². The fourth-order valence-corrected chi connectivity index (χ4v) is 4.01. The molecule has 2 amide bonds. The van der Waals surface area contributed by atoms with Crippen molar-refractivity contribution < 1.29 is 29.0 Å². The number of benzene rings is 2. The lowest BCUT2D eigenvalue weighted by atomic mass is 10.2. The molecule has 0 spiro atoms. The first kappa shape index (κ1) is 19.6. The van der Waals surface area contributed by atoms with E-state index in [0.29, 0.717) is 16.1 Å². The minimum Gasteiger partial charge on any atom is -0.478 e. The first-order valence-corrected chi connectivity index (χ1v) is 9.43. The second-order valence-corrected chi connectivity index (χ2v) is 7.19. The lowest BCUT2D eigenvalue weighted by Gasteiger charge is -2.15. The summed E-state index contributed by atoms with van der Waals surface area (Å²) in [6, 6.07) is 12.4. The van der Waals surface area contributed by atoms with Crippen molar-refractivity contribution in [1.29, 1.82) is 0 Å². The molecule has 1 N–H and O–H groups in total. The third kappa shape index (κ3) is 3.91. The highest BCUT2D eigenvalue weighted by Gasteiger charge is 2.40. The molecule has 0 aromatic heterocycles. The molecule has 1 aliphatic heterocycles. The van der Waals surface area contributed by atoms with E-state index in [4.69, 9.17) is 4.74 Å². The Morgan fingerprint density at radius 1 is 1.14 bits per heavy atom. The maximum absolute atomic E-state index is 12.8. The van der Waals surface area contributed by atoms with Gasteiger partial charge in [0.2, 0.25) is 11.8 Å². The zero-order chi connectivity index (χ0) is 20.3. The van der Waals surface area contributed by atoms with E-state index in [1.165, 1.54) is 30.3 Å². The normalized spacial score (nSPS) is 16.3. The standard InChI is InChI=1S/C20H17NO6S/c1-2-27-20(26)12-7-9-13(10-8-12)21-17(22)11-16(18(21)23)28-15-6-4-3-5-14(15)19(24)25/h3-10,16H,2,11H2,1H3,(H,24,25)/t16-/m1/s1. The first-order valence-electron chi connectivity index (χ1n) is 8.55. The van der Waals surface area contributed by atoms with Crippen molar-refractivity contribution in [2.45, 2.75) is 23.5 Å². The zero-order valence-corrected chi connectivity index (χ0v) is 15.8. The summed E-state index contributed by atoms with van der Waals surface area (Å²) in [7, 11) is 0. The van der Waals surface area contributed by atoms with Gasteiger partial charge in [0.25, 0.3) is 0 Å². The van der Waals surface area contributed by atoms with Crippen LogP contribution in [0.3, 0.4) is 0 Å². The molecule has 0 saturated carbocycles. The lowest BCUT2D eigenvalue weighted by Crippen LogP contribution is -2.31. The Kier molecular flexibility index (Phi) is 5.79. The Morgan fingerprint density at radius 2 is 1.82 bits per heavy atom. The van der Waals surface area contributed by atoms with E-state index in [2.05, 4.69) is 0 Å². The zero-order valence-electron chi connectivity index (χ0n) is 15.0. The van der Waals surface area contributed by atoms with Crippen LogP contribution in [0.2, 0.25) is 0 Å². The summed E-state index contributed by atoms with van der Waals surface area (Å²) >= 11 is 1.06. The quantitative estimate of drug-likeness (QED) is 0.589.